The first-order chi connectivity index (χ1) is 10.6. The van der Waals surface area contributed by atoms with E-state index >= 15 is 0 Å². The van der Waals surface area contributed by atoms with Crippen LogP contribution < -0.4 is 5.32 Å². The number of rotatable bonds is 2. The second-order valence-corrected chi connectivity index (χ2v) is 5.85. The van der Waals surface area contributed by atoms with E-state index in [9.17, 15) is 9.59 Å². The fraction of sp³-hybridized carbons (Fsp3) is 0.471. The third kappa shape index (κ3) is 3.03. The highest BCUT2D eigenvalue weighted by atomic mass is 16.6. The predicted octanol–water partition coefficient (Wildman–Crippen LogP) is 2.90. The van der Waals surface area contributed by atoms with E-state index in [2.05, 4.69) is 10.3 Å². The molecule has 0 saturated heterocycles. The molecule has 1 aliphatic heterocycles. The van der Waals surface area contributed by atoms with Gasteiger partial charge in [-0.1, -0.05) is 37.5 Å². The molecule has 0 bridgehead atoms. The lowest BCUT2D eigenvalue weighted by Gasteiger charge is -2.24. The molecule has 1 N–H and O–H groups in total. The molecular weight excluding hydrogens is 280 g/mol. The highest BCUT2D eigenvalue weighted by Gasteiger charge is 2.30. The largest absolute Gasteiger partial charge is 0.430 e. The molecule has 1 atom stereocenters. The number of esters is 1. The van der Waals surface area contributed by atoms with Crippen LogP contribution in [0.4, 0.5) is 5.69 Å². The number of hydrogen-bond acceptors (Lipinski definition) is 4. The van der Waals surface area contributed by atoms with Gasteiger partial charge in [0.05, 0.1) is 5.71 Å². The van der Waals surface area contributed by atoms with Crippen LogP contribution in [-0.2, 0) is 14.3 Å². The number of benzene rings is 1. The molecule has 1 aliphatic carbocycles. The van der Waals surface area contributed by atoms with Crippen molar-refractivity contribution in [3.05, 3.63) is 29.8 Å². The standard InChI is InChI=1S/C17H20N2O3/c1-11(20)22-17-16(21)18-14-10-6-5-9-13(14)15(19-17)12-7-3-2-4-8-12/h5-6,9-10,12,17H,2-4,7-8H2,1H3,(H,18,21)/t17-/m0/s1. The number of benzodiazepines with no additional fused rings is 1. The number of amides is 1. The molecule has 116 valence electrons. The van der Waals surface area contributed by atoms with Crippen LogP contribution in [0, 0.1) is 5.92 Å². The smallest absolute Gasteiger partial charge is 0.305 e. The molecule has 0 radical (unpaired) electrons. The van der Waals surface area contributed by atoms with Crippen LogP contribution in [0.2, 0.25) is 0 Å². The second kappa shape index (κ2) is 6.30. The number of anilines is 1. The van der Waals surface area contributed by atoms with E-state index in [0.29, 0.717) is 5.92 Å². The monoisotopic (exact) mass is 300 g/mol. The lowest BCUT2D eigenvalue weighted by atomic mass is 9.83. The quantitative estimate of drug-likeness (QED) is 0.854. The molecule has 1 fully saturated rings. The zero-order valence-corrected chi connectivity index (χ0v) is 12.7. The molecule has 1 heterocycles. The van der Waals surface area contributed by atoms with Crippen molar-refractivity contribution in [2.45, 2.75) is 45.3 Å². The minimum atomic E-state index is -1.10. The van der Waals surface area contributed by atoms with Gasteiger partial charge >= 0.3 is 5.97 Å². The molecule has 0 spiro atoms. The average molecular weight is 300 g/mol. The number of carbonyl (C=O) groups excluding carboxylic acids is 2. The molecule has 5 heteroatoms. The SMILES string of the molecule is CC(=O)O[C@@H]1N=C(C2CCCCC2)c2ccccc2NC1=O. The topological polar surface area (TPSA) is 67.8 Å². The summed E-state index contributed by atoms with van der Waals surface area (Å²) in [6, 6.07) is 7.65. The number of nitrogens with one attached hydrogen (secondary N) is 1. The minimum absolute atomic E-state index is 0.320. The van der Waals surface area contributed by atoms with Crippen molar-refractivity contribution < 1.29 is 14.3 Å². The van der Waals surface area contributed by atoms with Crippen LogP contribution in [0.3, 0.4) is 0 Å². The van der Waals surface area contributed by atoms with Crippen molar-refractivity contribution >= 4 is 23.3 Å². The predicted molar refractivity (Wildman–Crippen MR) is 83.7 cm³/mol. The summed E-state index contributed by atoms with van der Waals surface area (Å²) in [6.07, 6.45) is 4.62. The van der Waals surface area contributed by atoms with Crippen molar-refractivity contribution in [1.29, 1.82) is 0 Å². The van der Waals surface area contributed by atoms with Crippen molar-refractivity contribution in [2.24, 2.45) is 10.9 Å². The van der Waals surface area contributed by atoms with Crippen molar-refractivity contribution in [2.75, 3.05) is 5.32 Å². The van der Waals surface area contributed by atoms with Gasteiger partial charge in [-0.25, -0.2) is 4.99 Å². The van der Waals surface area contributed by atoms with E-state index in [0.717, 1.165) is 29.8 Å². The fourth-order valence-electron chi connectivity index (χ4n) is 3.20. The van der Waals surface area contributed by atoms with E-state index in [1.807, 2.05) is 24.3 Å². The summed E-state index contributed by atoms with van der Waals surface area (Å²) < 4.78 is 5.10. The van der Waals surface area contributed by atoms with Crippen LogP contribution in [-0.4, -0.2) is 23.8 Å². The summed E-state index contributed by atoms with van der Waals surface area (Å²) in [5.41, 5.74) is 2.57. The van der Waals surface area contributed by atoms with Gasteiger partial charge in [0.1, 0.15) is 0 Å². The first-order valence-corrected chi connectivity index (χ1v) is 7.80. The first kappa shape index (κ1) is 14.8. The van der Waals surface area contributed by atoms with Crippen LogP contribution in [0.25, 0.3) is 0 Å². The Hall–Kier alpha value is -2.17. The van der Waals surface area contributed by atoms with Crippen molar-refractivity contribution in [3.63, 3.8) is 0 Å². The van der Waals surface area contributed by atoms with E-state index < -0.39 is 18.1 Å². The van der Waals surface area contributed by atoms with Crippen LogP contribution in [0.5, 0.6) is 0 Å². The summed E-state index contributed by atoms with van der Waals surface area (Å²) >= 11 is 0. The maximum Gasteiger partial charge on any atom is 0.305 e. The zero-order valence-electron chi connectivity index (χ0n) is 12.7. The molecule has 3 rings (SSSR count). The number of carbonyl (C=O) groups is 2. The van der Waals surface area contributed by atoms with E-state index in [1.165, 1.54) is 26.2 Å². The number of hydrogen-bond donors (Lipinski definition) is 1. The molecule has 5 nitrogen and oxygen atoms in total. The molecule has 1 aromatic rings. The van der Waals surface area contributed by atoms with Gasteiger partial charge in [-0.3, -0.25) is 9.59 Å². The lowest BCUT2D eigenvalue weighted by Crippen LogP contribution is -2.30. The molecule has 0 unspecified atom stereocenters. The summed E-state index contributed by atoms with van der Waals surface area (Å²) in [7, 11) is 0. The van der Waals surface area contributed by atoms with Crippen LogP contribution in [0.1, 0.15) is 44.6 Å². The molecule has 0 aromatic heterocycles. The Morgan fingerprint density at radius 2 is 1.95 bits per heavy atom. The second-order valence-electron chi connectivity index (χ2n) is 5.85. The van der Waals surface area contributed by atoms with Gasteiger partial charge in [0.2, 0.25) is 0 Å². The summed E-state index contributed by atoms with van der Waals surface area (Å²) in [6.45, 7) is 1.29. The Morgan fingerprint density at radius 1 is 1.23 bits per heavy atom. The minimum Gasteiger partial charge on any atom is -0.430 e. The maximum atomic E-state index is 12.2. The third-order valence-electron chi connectivity index (χ3n) is 4.21. The molecule has 1 saturated carbocycles. The van der Waals surface area contributed by atoms with Crippen LogP contribution in [0.15, 0.2) is 29.3 Å². The molecular formula is C17H20N2O3. The normalized spacial score (nSPS) is 22.1. The molecule has 1 aromatic carbocycles. The number of fused-ring (bicyclic) bond motifs is 1. The van der Waals surface area contributed by atoms with Gasteiger partial charge in [-0.2, -0.15) is 0 Å². The number of para-hydroxylation sites is 1. The lowest BCUT2D eigenvalue weighted by molar-refractivity contribution is -0.151. The third-order valence-corrected chi connectivity index (χ3v) is 4.21. The number of ether oxygens (including phenoxy) is 1. The Bertz CT molecular complexity index is 618. The van der Waals surface area contributed by atoms with Gasteiger partial charge in [0.25, 0.3) is 12.1 Å². The number of aliphatic imine (C=N–C) groups is 1. The highest BCUT2D eigenvalue weighted by Crippen LogP contribution is 2.32. The number of nitrogens with zero attached hydrogens (tertiary/aromatic N) is 1. The van der Waals surface area contributed by atoms with Gasteiger partial charge in [-0.05, 0) is 18.9 Å². The summed E-state index contributed by atoms with van der Waals surface area (Å²) in [4.78, 5) is 28.0. The molecule has 22 heavy (non-hydrogen) atoms. The Balaban J connectivity index is 2.02. The van der Waals surface area contributed by atoms with E-state index in [-0.39, 0.29) is 0 Å². The summed E-state index contributed by atoms with van der Waals surface area (Å²) in [5, 5.41) is 2.82. The first-order valence-electron chi connectivity index (χ1n) is 7.80. The van der Waals surface area contributed by atoms with Crippen molar-refractivity contribution in [1.82, 2.24) is 0 Å². The Labute approximate surface area is 129 Å². The van der Waals surface area contributed by atoms with Gasteiger partial charge in [0.15, 0.2) is 0 Å². The maximum absolute atomic E-state index is 12.2. The van der Waals surface area contributed by atoms with Crippen molar-refractivity contribution in [3.8, 4) is 0 Å². The molecule has 1 amide bonds. The van der Waals surface area contributed by atoms with Crippen LogP contribution >= 0.6 is 0 Å². The van der Waals surface area contributed by atoms with Gasteiger partial charge < -0.3 is 10.1 Å². The Kier molecular flexibility index (Phi) is 4.22. The highest BCUT2D eigenvalue weighted by molar-refractivity contribution is 6.12. The summed E-state index contributed by atoms with van der Waals surface area (Å²) in [5.74, 6) is -0.577. The van der Waals surface area contributed by atoms with Gasteiger partial charge in [-0.15, -0.1) is 0 Å². The Morgan fingerprint density at radius 3 is 2.68 bits per heavy atom. The molecule has 2 aliphatic rings. The van der Waals surface area contributed by atoms with Gasteiger partial charge in [0, 0.05) is 24.1 Å². The average Bonchev–Trinajstić information content (AvgIpc) is 2.65. The zero-order chi connectivity index (χ0) is 15.5. The fourth-order valence-corrected chi connectivity index (χ4v) is 3.20. The van der Waals surface area contributed by atoms with E-state index in [1.54, 1.807) is 0 Å². The van der Waals surface area contributed by atoms with E-state index in [4.69, 9.17) is 4.74 Å².